The predicted octanol–water partition coefficient (Wildman–Crippen LogP) is 1.63. The van der Waals surface area contributed by atoms with Crippen LogP contribution in [0.2, 0.25) is 0 Å². The van der Waals surface area contributed by atoms with Crippen LogP contribution >= 0.6 is 0 Å². The van der Waals surface area contributed by atoms with Crippen LogP contribution in [0.5, 0.6) is 0 Å². The van der Waals surface area contributed by atoms with Crippen LogP contribution in [0.4, 0.5) is 8.78 Å². The standard InChI is InChI=1S/C28H54F2N6O3/c1-19(2)18-36(21-14-20(15-31-16-21)24(37)35-11-8-28(29,30)9-12-35)25(38)22-17-33-26(27(3,4)5)34-23(22)32-10-7-13-39-6/h19-23,25-26,31-34,38H,7-18H2,1-6H3/t20-,21+,22?,23?,25?,26?/m1/s1. The van der Waals surface area contributed by atoms with Gasteiger partial charge >= 0.3 is 0 Å². The van der Waals surface area contributed by atoms with Crippen molar-refractivity contribution in [3.63, 3.8) is 0 Å². The van der Waals surface area contributed by atoms with Gasteiger partial charge in [0.15, 0.2) is 0 Å². The third-order valence-corrected chi connectivity index (χ3v) is 8.34. The maximum atomic E-state index is 13.7. The maximum absolute atomic E-state index is 13.7. The molecule has 228 valence electrons. The highest BCUT2D eigenvalue weighted by atomic mass is 19.3. The van der Waals surface area contributed by atoms with Crippen molar-refractivity contribution < 1.29 is 23.4 Å². The van der Waals surface area contributed by atoms with E-state index in [1.54, 1.807) is 12.0 Å². The molecule has 3 aliphatic rings. The Balaban J connectivity index is 1.72. The number of aliphatic hydroxyl groups excluding tert-OH is 1. The van der Waals surface area contributed by atoms with E-state index in [-0.39, 0.29) is 67.5 Å². The number of carbonyl (C=O) groups is 1. The molecule has 11 heteroatoms. The summed E-state index contributed by atoms with van der Waals surface area (Å²) in [6, 6.07) is -0.0363. The Morgan fingerprint density at radius 3 is 2.51 bits per heavy atom. The molecular formula is C28H54F2N6O3. The number of carbonyl (C=O) groups excluding carboxylic acids is 1. The number of nitrogens with one attached hydrogen (secondary N) is 4. The Morgan fingerprint density at radius 1 is 1.21 bits per heavy atom. The Labute approximate surface area is 234 Å². The van der Waals surface area contributed by atoms with Gasteiger partial charge in [-0.3, -0.25) is 15.0 Å². The molecule has 9 nitrogen and oxygen atoms in total. The average molecular weight is 561 g/mol. The normalized spacial score (nSPS) is 31.1. The Bertz CT molecular complexity index is 758. The highest BCUT2D eigenvalue weighted by Gasteiger charge is 2.44. The van der Waals surface area contributed by atoms with Gasteiger partial charge in [-0.05, 0) is 30.7 Å². The second kappa shape index (κ2) is 14.3. The van der Waals surface area contributed by atoms with Crippen molar-refractivity contribution in [3.8, 4) is 0 Å². The van der Waals surface area contributed by atoms with Crippen molar-refractivity contribution in [2.24, 2.45) is 23.2 Å². The van der Waals surface area contributed by atoms with E-state index in [2.05, 4.69) is 60.8 Å². The Morgan fingerprint density at radius 2 is 1.90 bits per heavy atom. The van der Waals surface area contributed by atoms with E-state index >= 15 is 0 Å². The molecule has 0 aliphatic carbocycles. The summed E-state index contributed by atoms with van der Waals surface area (Å²) < 4.78 is 32.6. The number of hydrogen-bond acceptors (Lipinski definition) is 8. The number of rotatable bonds is 11. The monoisotopic (exact) mass is 560 g/mol. The van der Waals surface area contributed by atoms with Crippen LogP contribution in [0.15, 0.2) is 0 Å². The molecule has 39 heavy (non-hydrogen) atoms. The maximum Gasteiger partial charge on any atom is 0.251 e. The number of ether oxygens (including phenoxy) is 1. The number of methoxy groups -OCH3 is 1. The number of piperidine rings is 2. The number of aliphatic hydroxyl groups is 1. The molecule has 3 aliphatic heterocycles. The largest absolute Gasteiger partial charge is 0.385 e. The zero-order valence-corrected chi connectivity index (χ0v) is 24.9. The summed E-state index contributed by atoms with van der Waals surface area (Å²) in [5, 5.41) is 26.2. The van der Waals surface area contributed by atoms with Gasteiger partial charge in [-0.25, -0.2) is 8.78 Å². The first-order chi connectivity index (χ1) is 18.3. The predicted molar refractivity (Wildman–Crippen MR) is 149 cm³/mol. The SMILES string of the molecule is COCCCNC1NC(C(C)(C)C)NCC1C(O)N(CC(C)C)[C@@H]1CNC[C@H](C(=O)N2CCC(F)(F)CC2)C1. The molecule has 3 fully saturated rings. The average Bonchev–Trinajstić information content (AvgIpc) is 2.88. The Hall–Kier alpha value is -0.950. The highest BCUT2D eigenvalue weighted by Crippen LogP contribution is 2.31. The highest BCUT2D eigenvalue weighted by molar-refractivity contribution is 5.79. The van der Waals surface area contributed by atoms with Gasteiger partial charge in [-0.15, -0.1) is 0 Å². The fourth-order valence-corrected chi connectivity index (χ4v) is 6.07. The van der Waals surface area contributed by atoms with Crippen molar-refractivity contribution in [1.82, 2.24) is 31.1 Å². The third-order valence-electron chi connectivity index (χ3n) is 8.34. The van der Waals surface area contributed by atoms with Crippen LogP contribution in [0.3, 0.4) is 0 Å². The molecule has 0 saturated carbocycles. The first kappa shape index (κ1) is 32.6. The summed E-state index contributed by atoms with van der Waals surface area (Å²) in [6.07, 6.45) is 0.206. The number of alkyl halides is 2. The van der Waals surface area contributed by atoms with E-state index < -0.39 is 12.2 Å². The van der Waals surface area contributed by atoms with E-state index in [4.69, 9.17) is 4.74 Å². The summed E-state index contributed by atoms with van der Waals surface area (Å²) in [5.74, 6) is -2.81. The summed E-state index contributed by atoms with van der Waals surface area (Å²) in [7, 11) is 1.70. The van der Waals surface area contributed by atoms with Gasteiger partial charge in [-0.2, -0.15) is 0 Å². The first-order valence-electron chi connectivity index (χ1n) is 14.9. The van der Waals surface area contributed by atoms with Crippen LogP contribution in [0.25, 0.3) is 0 Å². The number of amides is 1. The number of hydrogen-bond donors (Lipinski definition) is 5. The summed E-state index contributed by atoms with van der Waals surface area (Å²) in [6.45, 7) is 15.1. The zero-order chi connectivity index (χ0) is 28.8. The second-order valence-electron chi connectivity index (χ2n) is 13.2. The van der Waals surface area contributed by atoms with Crippen molar-refractivity contribution in [2.75, 3.05) is 59.5 Å². The molecule has 0 aromatic carbocycles. The van der Waals surface area contributed by atoms with Crippen LogP contribution in [-0.4, -0.2) is 111 Å². The molecular weight excluding hydrogens is 506 g/mol. The topological polar surface area (TPSA) is 101 Å². The molecule has 0 spiro atoms. The molecule has 0 bridgehead atoms. The summed E-state index contributed by atoms with van der Waals surface area (Å²) >= 11 is 0. The fraction of sp³-hybridized carbons (Fsp3) is 0.964. The lowest BCUT2D eigenvalue weighted by molar-refractivity contribution is -0.144. The smallest absolute Gasteiger partial charge is 0.251 e. The van der Waals surface area contributed by atoms with Gasteiger partial charge in [-0.1, -0.05) is 34.6 Å². The third kappa shape index (κ3) is 9.28. The quantitative estimate of drug-likeness (QED) is 0.192. The molecule has 3 heterocycles. The molecule has 4 unspecified atom stereocenters. The van der Waals surface area contributed by atoms with E-state index in [1.807, 2.05) is 0 Å². The van der Waals surface area contributed by atoms with Crippen LogP contribution in [0, 0.1) is 23.2 Å². The van der Waals surface area contributed by atoms with Crippen molar-refractivity contribution in [2.45, 2.75) is 90.8 Å². The molecule has 3 saturated heterocycles. The molecule has 0 aromatic heterocycles. The second-order valence-corrected chi connectivity index (χ2v) is 13.2. The van der Waals surface area contributed by atoms with E-state index in [9.17, 15) is 18.7 Å². The van der Waals surface area contributed by atoms with Crippen molar-refractivity contribution in [1.29, 1.82) is 0 Å². The first-order valence-corrected chi connectivity index (χ1v) is 14.9. The van der Waals surface area contributed by atoms with Gasteiger partial charge in [0, 0.05) is 77.8 Å². The minimum absolute atomic E-state index is 0.000704. The lowest BCUT2D eigenvalue weighted by atomic mass is 9.87. The minimum Gasteiger partial charge on any atom is -0.385 e. The molecule has 6 atom stereocenters. The molecule has 1 amide bonds. The lowest BCUT2D eigenvalue weighted by Crippen LogP contribution is -2.71. The van der Waals surface area contributed by atoms with Gasteiger partial charge in [0.1, 0.15) is 6.23 Å². The fourth-order valence-electron chi connectivity index (χ4n) is 6.07. The van der Waals surface area contributed by atoms with Crippen LogP contribution < -0.4 is 21.3 Å². The molecule has 0 radical (unpaired) electrons. The van der Waals surface area contributed by atoms with Gasteiger partial charge < -0.3 is 30.7 Å². The van der Waals surface area contributed by atoms with E-state index in [0.29, 0.717) is 45.1 Å². The van der Waals surface area contributed by atoms with E-state index in [1.165, 1.54) is 0 Å². The number of nitrogens with zero attached hydrogens (tertiary/aromatic N) is 2. The van der Waals surface area contributed by atoms with Crippen LogP contribution in [-0.2, 0) is 9.53 Å². The summed E-state index contributed by atoms with van der Waals surface area (Å²) in [4.78, 5) is 17.1. The molecule has 5 N–H and O–H groups in total. The Kier molecular flexibility index (Phi) is 11.9. The van der Waals surface area contributed by atoms with Gasteiger partial charge in [0.25, 0.3) is 5.92 Å². The van der Waals surface area contributed by atoms with Crippen LogP contribution in [0.1, 0.15) is 60.3 Å². The minimum atomic E-state index is -2.68. The van der Waals surface area contributed by atoms with Gasteiger partial charge in [0.05, 0.1) is 18.2 Å². The summed E-state index contributed by atoms with van der Waals surface area (Å²) in [5.41, 5.74) is -0.000704. The van der Waals surface area contributed by atoms with Gasteiger partial charge in [0.2, 0.25) is 5.91 Å². The molecule has 0 aromatic rings. The van der Waals surface area contributed by atoms with Crippen molar-refractivity contribution in [3.05, 3.63) is 0 Å². The number of likely N-dealkylation sites (tertiary alicyclic amines) is 1. The molecule has 3 rings (SSSR count). The van der Waals surface area contributed by atoms with Crippen molar-refractivity contribution >= 4 is 5.91 Å². The van der Waals surface area contributed by atoms with E-state index in [0.717, 1.165) is 13.0 Å². The lowest BCUT2D eigenvalue weighted by Gasteiger charge is -2.49. The number of halogens is 2. The zero-order valence-electron chi connectivity index (χ0n) is 24.9.